The van der Waals surface area contributed by atoms with E-state index < -0.39 is 12.0 Å². The van der Waals surface area contributed by atoms with Crippen LogP contribution in [0.2, 0.25) is 0 Å². The number of carboxylic acids is 1. The number of hydrogen-bond acceptors (Lipinski definition) is 6. The monoisotopic (exact) mass is 561 g/mol. The first-order valence-corrected chi connectivity index (χ1v) is 16.2. The number of para-hydroxylation sites is 2. The smallest absolute Gasteiger partial charge is 0.328 e. The van der Waals surface area contributed by atoms with Crippen molar-refractivity contribution in [2.75, 3.05) is 25.5 Å². The molecule has 8 atom stereocenters. The molecule has 1 aromatic carbocycles. The first-order chi connectivity index (χ1) is 19.8. The van der Waals surface area contributed by atoms with Crippen LogP contribution >= 0.6 is 0 Å². The Bertz CT molecular complexity index is 1340. The maximum absolute atomic E-state index is 14.4. The lowest BCUT2D eigenvalue weighted by Gasteiger charge is -2.56. The fourth-order valence-corrected chi connectivity index (χ4v) is 9.67. The van der Waals surface area contributed by atoms with Gasteiger partial charge in [0.1, 0.15) is 6.04 Å². The van der Waals surface area contributed by atoms with Crippen LogP contribution in [0.25, 0.3) is 11.0 Å². The lowest BCUT2D eigenvalue weighted by Crippen LogP contribution is -2.69. The van der Waals surface area contributed by atoms with Crippen LogP contribution in [0.15, 0.2) is 29.1 Å². The highest BCUT2D eigenvalue weighted by atomic mass is 16.4. The van der Waals surface area contributed by atoms with Gasteiger partial charge in [0, 0.05) is 30.7 Å². The summed E-state index contributed by atoms with van der Waals surface area (Å²) in [5, 5.41) is 10.1. The summed E-state index contributed by atoms with van der Waals surface area (Å²) in [6.07, 6.45) is 14.3. The minimum Gasteiger partial charge on any atom is -0.480 e. The zero-order valence-electron chi connectivity index (χ0n) is 25.0. The molecule has 4 heterocycles. The largest absolute Gasteiger partial charge is 0.480 e. The average Bonchev–Trinajstić information content (AvgIpc) is 3.08. The maximum Gasteiger partial charge on any atom is 0.328 e. The van der Waals surface area contributed by atoms with Crippen molar-refractivity contribution < 1.29 is 9.90 Å². The van der Waals surface area contributed by atoms with Gasteiger partial charge in [-0.3, -0.25) is 9.69 Å². The van der Waals surface area contributed by atoms with E-state index in [0.717, 1.165) is 35.7 Å². The highest BCUT2D eigenvalue weighted by Crippen LogP contribution is 2.48. The molecule has 2 aliphatic carbocycles. The summed E-state index contributed by atoms with van der Waals surface area (Å²) >= 11 is 0. The van der Waals surface area contributed by atoms with Crippen molar-refractivity contribution in [2.24, 2.45) is 17.8 Å². The van der Waals surface area contributed by atoms with E-state index in [-0.39, 0.29) is 17.6 Å². The summed E-state index contributed by atoms with van der Waals surface area (Å²) < 4.78 is 2.02. The second-order valence-corrected chi connectivity index (χ2v) is 14.3. The average molecular weight is 562 g/mol. The van der Waals surface area contributed by atoms with E-state index in [0.29, 0.717) is 36.4 Å². The zero-order chi connectivity index (χ0) is 28.4. The summed E-state index contributed by atoms with van der Waals surface area (Å²) in [6.45, 7) is 2.93. The Balaban J connectivity index is 1.24. The third kappa shape index (κ3) is 4.69. The normalized spacial score (nSPS) is 37.6. The third-order valence-corrected chi connectivity index (χ3v) is 11.7. The molecule has 7 rings (SSSR count). The molecule has 1 aromatic heterocycles. The number of nitrogens with zero attached hydrogens (tertiary/aromatic N) is 5. The molecule has 3 saturated heterocycles. The molecule has 222 valence electrons. The van der Waals surface area contributed by atoms with Crippen molar-refractivity contribution in [1.29, 1.82) is 0 Å². The predicted octanol–water partition coefficient (Wildman–Crippen LogP) is 4.76. The summed E-state index contributed by atoms with van der Waals surface area (Å²) in [6, 6.07) is 8.84. The Morgan fingerprint density at radius 2 is 1.66 bits per heavy atom. The molecule has 5 aliphatic rings. The second kappa shape index (κ2) is 10.7. The molecule has 3 aliphatic heterocycles. The van der Waals surface area contributed by atoms with Crippen LogP contribution in [-0.4, -0.2) is 81.3 Å². The van der Waals surface area contributed by atoms with Crippen molar-refractivity contribution in [1.82, 2.24) is 19.4 Å². The Morgan fingerprint density at radius 1 is 0.927 bits per heavy atom. The summed E-state index contributed by atoms with van der Waals surface area (Å²) in [5.74, 6) is 1.81. The number of carbonyl (C=O) groups is 1. The van der Waals surface area contributed by atoms with Crippen LogP contribution < -0.4 is 10.5 Å². The van der Waals surface area contributed by atoms with Crippen LogP contribution in [0.5, 0.6) is 0 Å². The van der Waals surface area contributed by atoms with E-state index in [4.69, 9.17) is 4.98 Å². The van der Waals surface area contributed by atoms with E-state index >= 15 is 0 Å². The number of anilines is 1. The number of carboxylic acid groups (broad SMARTS) is 1. The first kappa shape index (κ1) is 27.4. The summed E-state index contributed by atoms with van der Waals surface area (Å²) in [4.78, 5) is 38.1. The van der Waals surface area contributed by atoms with Gasteiger partial charge in [0.2, 0.25) is 0 Å². The van der Waals surface area contributed by atoms with Crippen LogP contribution in [0.3, 0.4) is 0 Å². The molecule has 8 nitrogen and oxygen atoms in total. The fourth-order valence-electron chi connectivity index (χ4n) is 9.67. The zero-order valence-corrected chi connectivity index (χ0v) is 25.0. The van der Waals surface area contributed by atoms with E-state index in [1.165, 1.54) is 57.8 Å². The Kier molecular flexibility index (Phi) is 7.13. The number of hydrogen-bond donors (Lipinski definition) is 1. The van der Waals surface area contributed by atoms with Crippen molar-refractivity contribution in [2.45, 2.75) is 114 Å². The predicted molar refractivity (Wildman–Crippen MR) is 161 cm³/mol. The number of fused-ring (bicyclic) bond motifs is 5. The maximum atomic E-state index is 14.4. The number of rotatable bonds is 5. The molecule has 4 bridgehead atoms. The molecule has 5 fully saturated rings. The molecule has 0 amide bonds. The lowest BCUT2D eigenvalue weighted by atomic mass is 9.71. The number of piperidine rings is 2. The summed E-state index contributed by atoms with van der Waals surface area (Å²) in [7, 11) is 3.80. The van der Waals surface area contributed by atoms with Gasteiger partial charge in [0.25, 0.3) is 5.56 Å². The van der Waals surface area contributed by atoms with Gasteiger partial charge >= 0.3 is 5.97 Å². The number of aromatic nitrogens is 2. The Hall–Kier alpha value is -2.45. The fraction of sp³-hybridized carbons (Fsp3) is 0.727. The van der Waals surface area contributed by atoms with Crippen LogP contribution in [0, 0.1) is 17.8 Å². The number of benzene rings is 1. The van der Waals surface area contributed by atoms with Gasteiger partial charge in [-0.2, -0.15) is 0 Å². The molecule has 8 heteroatoms. The number of likely N-dealkylation sites (N-methyl/N-ethyl adjacent to an activating group) is 1. The molecule has 2 saturated carbocycles. The highest BCUT2D eigenvalue weighted by Gasteiger charge is 2.49. The molecule has 41 heavy (non-hydrogen) atoms. The third-order valence-electron chi connectivity index (χ3n) is 11.7. The van der Waals surface area contributed by atoms with Gasteiger partial charge in [-0.15, -0.1) is 0 Å². The van der Waals surface area contributed by atoms with Crippen LogP contribution in [-0.2, 0) is 4.79 Å². The minimum absolute atomic E-state index is 0.100. The quantitative estimate of drug-likeness (QED) is 0.564. The van der Waals surface area contributed by atoms with Gasteiger partial charge in [-0.05, 0) is 88.9 Å². The van der Waals surface area contributed by atoms with Gasteiger partial charge < -0.3 is 19.5 Å². The van der Waals surface area contributed by atoms with E-state index in [2.05, 4.69) is 11.8 Å². The van der Waals surface area contributed by atoms with Crippen molar-refractivity contribution in [3.8, 4) is 0 Å². The van der Waals surface area contributed by atoms with E-state index in [9.17, 15) is 14.7 Å². The highest BCUT2D eigenvalue weighted by molar-refractivity contribution is 5.83. The molecule has 1 N–H and O–H groups in total. The molecular weight excluding hydrogens is 514 g/mol. The topological polar surface area (TPSA) is 81.9 Å². The Morgan fingerprint density at radius 3 is 2.37 bits per heavy atom. The lowest BCUT2D eigenvalue weighted by molar-refractivity contribution is -0.142. The van der Waals surface area contributed by atoms with Crippen molar-refractivity contribution >= 4 is 22.8 Å². The second-order valence-electron chi connectivity index (χ2n) is 14.3. The van der Waals surface area contributed by atoms with Crippen LogP contribution in [0.1, 0.15) is 83.6 Å². The van der Waals surface area contributed by atoms with E-state index in [1.807, 2.05) is 47.8 Å². The van der Waals surface area contributed by atoms with Crippen molar-refractivity contribution in [3.63, 3.8) is 0 Å². The first-order valence-electron chi connectivity index (χ1n) is 16.2. The number of aliphatic carboxylic acids is 1. The van der Waals surface area contributed by atoms with Gasteiger partial charge in [0.05, 0.1) is 17.1 Å². The minimum atomic E-state index is -0.902. The molecule has 8 unspecified atom stereocenters. The van der Waals surface area contributed by atoms with Crippen LogP contribution in [0.4, 0.5) is 5.82 Å². The van der Waals surface area contributed by atoms with Crippen molar-refractivity contribution in [3.05, 3.63) is 34.6 Å². The summed E-state index contributed by atoms with van der Waals surface area (Å²) in [5.41, 5.74) is 1.53. The molecular formula is C33H47N5O3. The van der Waals surface area contributed by atoms with E-state index in [1.54, 1.807) is 4.90 Å². The van der Waals surface area contributed by atoms with Gasteiger partial charge in [-0.25, -0.2) is 9.78 Å². The Labute approximate surface area is 243 Å². The van der Waals surface area contributed by atoms with Gasteiger partial charge in [-0.1, -0.05) is 44.7 Å². The molecule has 2 aromatic rings. The molecule has 0 radical (unpaired) electrons. The molecule has 0 spiro atoms. The van der Waals surface area contributed by atoms with Gasteiger partial charge in [0.15, 0.2) is 5.82 Å². The standard InChI is InChI=1S/C33H47N5O3/c1-20-12-13-23-17-25(18-28(20)37(23)24-15-21-8-4-5-9-22(14-21)16-24)38-27-11-7-6-10-26(27)34-31(32(38)39)36-19-29(35(2)3)30(36)33(40)41/h6-7,10-11,20-25,28-30H,4-5,8-9,12-19H2,1-3H3,(H,40,41). The SMILES string of the molecule is CC1CCC2CC(n3c(=O)c(N4CC(N(C)C)C4C(=O)O)nc4ccccc43)CC1N2C1CC2CCCCC(C2)C1.